The van der Waals surface area contributed by atoms with Crippen molar-refractivity contribution < 1.29 is 17.8 Å². The van der Waals surface area contributed by atoms with Gasteiger partial charge in [0.25, 0.3) is 10.1 Å². The van der Waals surface area contributed by atoms with Gasteiger partial charge in [-0.1, -0.05) is 54.6 Å². The van der Waals surface area contributed by atoms with Crippen LogP contribution >= 0.6 is 0 Å². The topological polar surface area (TPSA) is 122 Å². The fraction of sp³-hybridized carbons (Fsp3) is 0. The van der Waals surface area contributed by atoms with E-state index in [1.54, 1.807) is 72.8 Å². The third-order valence-corrected chi connectivity index (χ3v) is 5.64. The van der Waals surface area contributed by atoms with Gasteiger partial charge < -0.3 is 5.73 Å². The van der Waals surface area contributed by atoms with E-state index in [4.69, 9.17) is 5.73 Å². The maximum atomic E-state index is 12.5. The summed E-state index contributed by atoms with van der Waals surface area (Å²) in [7, 11) is -4.49. The van der Waals surface area contributed by atoms with Crippen molar-refractivity contribution in [1.29, 1.82) is 0 Å². The number of ketones is 1. The van der Waals surface area contributed by atoms with Gasteiger partial charge in [0.15, 0.2) is 5.78 Å². The molecule has 0 saturated carbocycles. The predicted octanol–water partition coefficient (Wildman–Crippen LogP) is 4.67. The first kappa shape index (κ1) is 23.8. The minimum atomic E-state index is -4.49. The van der Waals surface area contributed by atoms with Crippen LogP contribution in [0.3, 0.4) is 0 Å². The van der Waals surface area contributed by atoms with E-state index in [0.717, 1.165) is 0 Å². The second kappa shape index (κ2) is 9.72. The Morgan fingerprint density at radius 2 is 1.34 bits per heavy atom. The van der Waals surface area contributed by atoms with E-state index in [9.17, 15) is 17.8 Å². The number of nitrogens with two attached hydrogens (primary N) is 1. The van der Waals surface area contributed by atoms with Crippen LogP contribution in [0.2, 0.25) is 0 Å². The average Bonchev–Trinajstić information content (AvgIpc) is 2.78. The normalized spacial score (nSPS) is 11.4. The Morgan fingerprint density at radius 1 is 0.781 bits per heavy atom. The van der Waals surface area contributed by atoms with Crippen molar-refractivity contribution >= 4 is 73.3 Å². The molecule has 4 aromatic carbocycles. The second-order valence-corrected chi connectivity index (χ2v) is 8.16. The average molecular weight is 455 g/mol. The van der Waals surface area contributed by atoms with E-state index in [0.29, 0.717) is 27.6 Å². The molecular formula is C23H18N3NaO4S. The summed E-state index contributed by atoms with van der Waals surface area (Å²) in [5.74, 6) is -0.111. The molecule has 0 radical (unpaired) electrons. The van der Waals surface area contributed by atoms with Crippen molar-refractivity contribution in [3.63, 3.8) is 0 Å². The molecule has 0 saturated heterocycles. The van der Waals surface area contributed by atoms with Gasteiger partial charge in [-0.25, -0.2) is 0 Å². The number of anilines is 1. The number of nitrogens with zero attached hydrogens (tertiary/aromatic N) is 2. The minimum absolute atomic E-state index is 0. The number of hydrogen-bond acceptors (Lipinski definition) is 6. The number of fused-ring (bicyclic) bond motifs is 1. The van der Waals surface area contributed by atoms with Crippen LogP contribution in [0.5, 0.6) is 0 Å². The summed E-state index contributed by atoms with van der Waals surface area (Å²) in [6, 6.07) is 23.2. The molecule has 32 heavy (non-hydrogen) atoms. The molecular weight excluding hydrogens is 437 g/mol. The molecule has 0 spiro atoms. The Bertz CT molecular complexity index is 1420. The molecule has 0 unspecified atom stereocenters. The fourth-order valence-electron chi connectivity index (χ4n) is 3.19. The summed E-state index contributed by atoms with van der Waals surface area (Å²) in [5.41, 5.74) is 8.03. The molecule has 7 nitrogen and oxygen atoms in total. The van der Waals surface area contributed by atoms with Crippen molar-refractivity contribution in [3.8, 4) is 0 Å². The van der Waals surface area contributed by atoms with Gasteiger partial charge in [-0.15, -0.1) is 5.11 Å². The van der Waals surface area contributed by atoms with Gasteiger partial charge in [-0.2, -0.15) is 13.5 Å². The zero-order chi connectivity index (χ0) is 22.0. The third kappa shape index (κ3) is 4.95. The maximum absolute atomic E-state index is 12.5. The number of nitrogen functional groups attached to an aromatic ring is 1. The van der Waals surface area contributed by atoms with Gasteiger partial charge in [0.1, 0.15) is 10.6 Å². The molecule has 0 aliphatic rings. The van der Waals surface area contributed by atoms with Gasteiger partial charge >= 0.3 is 29.6 Å². The first-order chi connectivity index (χ1) is 14.8. The molecule has 0 bridgehead atoms. The van der Waals surface area contributed by atoms with Gasteiger partial charge in [0.2, 0.25) is 0 Å². The molecule has 9 heteroatoms. The van der Waals surface area contributed by atoms with E-state index in [-0.39, 0.29) is 51.6 Å². The molecule has 0 fully saturated rings. The molecule has 0 aromatic heterocycles. The second-order valence-electron chi connectivity index (χ2n) is 6.77. The molecule has 0 atom stereocenters. The molecule has 0 amide bonds. The van der Waals surface area contributed by atoms with Crippen molar-refractivity contribution in [2.45, 2.75) is 4.90 Å². The van der Waals surface area contributed by atoms with Crippen LogP contribution in [-0.4, -0.2) is 48.3 Å². The first-order valence-electron chi connectivity index (χ1n) is 9.25. The van der Waals surface area contributed by atoms with Crippen LogP contribution in [0, 0.1) is 0 Å². The van der Waals surface area contributed by atoms with Gasteiger partial charge in [0, 0.05) is 21.9 Å². The van der Waals surface area contributed by atoms with E-state index < -0.39 is 10.1 Å². The van der Waals surface area contributed by atoms with Crippen LogP contribution in [0.4, 0.5) is 17.1 Å². The monoisotopic (exact) mass is 455 g/mol. The molecule has 0 aliphatic carbocycles. The zero-order valence-corrected chi connectivity index (χ0v) is 17.0. The molecule has 3 N–H and O–H groups in total. The van der Waals surface area contributed by atoms with Crippen LogP contribution in [0.25, 0.3) is 10.8 Å². The van der Waals surface area contributed by atoms with Crippen LogP contribution in [0.1, 0.15) is 15.9 Å². The summed E-state index contributed by atoms with van der Waals surface area (Å²) in [5, 5.41) is 8.91. The summed E-state index contributed by atoms with van der Waals surface area (Å²) in [4.78, 5) is 12.2. The fourth-order valence-corrected chi connectivity index (χ4v) is 3.91. The van der Waals surface area contributed by atoms with Crippen LogP contribution in [0.15, 0.2) is 100 Å². The first-order valence-corrected chi connectivity index (χ1v) is 10.7. The number of benzene rings is 4. The van der Waals surface area contributed by atoms with Crippen LogP contribution in [-0.2, 0) is 10.1 Å². The summed E-state index contributed by atoms with van der Waals surface area (Å²) < 4.78 is 33.2. The Hall–Kier alpha value is -2.88. The third-order valence-electron chi connectivity index (χ3n) is 4.74. The molecule has 4 rings (SSSR count). The molecule has 156 valence electrons. The Morgan fingerprint density at radius 3 is 1.97 bits per heavy atom. The van der Waals surface area contributed by atoms with E-state index in [1.165, 1.54) is 6.07 Å². The van der Waals surface area contributed by atoms with Crippen molar-refractivity contribution in [2.75, 3.05) is 5.73 Å². The van der Waals surface area contributed by atoms with Gasteiger partial charge in [0.05, 0.1) is 11.4 Å². The number of azo groups is 1. The molecule has 0 aliphatic heterocycles. The van der Waals surface area contributed by atoms with E-state index in [2.05, 4.69) is 10.2 Å². The summed E-state index contributed by atoms with van der Waals surface area (Å²) in [6.07, 6.45) is 0. The van der Waals surface area contributed by atoms with E-state index in [1.807, 2.05) is 6.07 Å². The summed E-state index contributed by atoms with van der Waals surface area (Å²) in [6.45, 7) is 0. The SMILES string of the molecule is Nc1c(N=Nc2ccc(C(=O)c3ccccc3)cc2)cc(S(=O)(=O)O)c2ccccc12.[NaH]. The summed E-state index contributed by atoms with van der Waals surface area (Å²) >= 11 is 0. The van der Waals surface area contributed by atoms with Crippen LogP contribution < -0.4 is 5.73 Å². The van der Waals surface area contributed by atoms with Gasteiger partial charge in [-0.05, 0) is 30.3 Å². The Balaban J connectivity index is 0.00000289. The molecule has 4 aromatic rings. The number of hydrogen-bond donors (Lipinski definition) is 2. The molecule has 0 heterocycles. The Labute approximate surface area is 207 Å². The number of rotatable bonds is 5. The standard InChI is InChI=1S/C23H17N3O4S.Na.H/c24-22-19-9-5-4-8-18(19)21(31(28,29)30)14-20(22)26-25-17-12-10-16(11-13-17)23(27)15-6-2-1-3-7-15;;/h1-14H,24H2,(H,28,29,30);;. The van der Waals surface area contributed by atoms with Crippen molar-refractivity contribution in [2.24, 2.45) is 10.2 Å². The Kier molecular flexibility index (Phi) is 7.22. The van der Waals surface area contributed by atoms with Gasteiger partial charge in [-0.3, -0.25) is 9.35 Å². The quantitative estimate of drug-likeness (QED) is 0.149. The van der Waals surface area contributed by atoms with E-state index >= 15 is 0 Å². The predicted molar refractivity (Wildman–Crippen MR) is 126 cm³/mol. The zero-order valence-electron chi connectivity index (χ0n) is 16.1. The van der Waals surface area contributed by atoms with Crippen molar-refractivity contribution in [3.05, 3.63) is 96.1 Å². The number of carbonyl (C=O) groups excluding carboxylic acids is 1. The van der Waals surface area contributed by atoms with Crippen molar-refractivity contribution in [1.82, 2.24) is 0 Å². The number of carbonyl (C=O) groups is 1.